The SMILES string of the molecule is C.C=CC(=O)O.CC.N=C=O.N=C=O.N=C=O. The van der Waals surface area contributed by atoms with Crippen LogP contribution in [0.25, 0.3) is 0 Å². The molecule has 0 aromatic heterocycles. The van der Waals surface area contributed by atoms with Gasteiger partial charge in [0, 0.05) is 6.08 Å². The minimum absolute atomic E-state index is 0. The van der Waals surface area contributed by atoms with E-state index >= 15 is 0 Å². The van der Waals surface area contributed by atoms with Gasteiger partial charge in [0.15, 0.2) is 0 Å². The highest BCUT2D eigenvalue weighted by molar-refractivity contribution is 5.78. The number of aliphatic carboxylic acids is 1. The Labute approximate surface area is 99.5 Å². The van der Waals surface area contributed by atoms with E-state index in [1.54, 1.807) is 0 Å². The summed E-state index contributed by atoms with van der Waals surface area (Å²) >= 11 is 0. The number of isocyanates is 3. The molecule has 0 aliphatic heterocycles. The van der Waals surface area contributed by atoms with Gasteiger partial charge in [0.1, 0.15) is 0 Å². The number of hydrogen-bond acceptors (Lipinski definition) is 7. The molecule has 0 unspecified atom stereocenters. The summed E-state index contributed by atoms with van der Waals surface area (Å²) in [6.45, 7) is 6.96. The molecule has 8 nitrogen and oxygen atoms in total. The molecule has 0 saturated carbocycles. The number of carbonyl (C=O) groups is 1. The molecule has 0 bridgehead atoms. The van der Waals surface area contributed by atoms with Crippen LogP contribution < -0.4 is 0 Å². The predicted octanol–water partition coefficient (Wildman–Crippen LogP) is 1.62. The van der Waals surface area contributed by atoms with Gasteiger partial charge < -0.3 is 5.11 Å². The van der Waals surface area contributed by atoms with E-state index < -0.39 is 5.97 Å². The van der Waals surface area contributed by atoms with E-state index in [2.05, 4.69) is 6.58 Å². The van der Waals surface area contributed by atoms with Crippen LogP contribution in [0.15, 0.2) is 12.7 Å². The lowest BCUT2D eigenvalue weighted by Crippen LogP contribution is -1.82. The molecule has 0 spiro atoms. The summed E-state index contributed by atoms with van der Waals surface area (Å²) in [6, 6.07) is 0. The topological polar surface area (TPSA) is 160 Å². The van der Waals surface area contributed by atoms with Crippen LogP contribution in [0.2, 0.25) is 0 Å². The van der Waals surface area contributed by atoms with Crippen LogP contribution in [0, 0.1) is 16.2 Å². The lowest BCUT2D eigenvalue weighted by Gasteiger charge is -1.64. The highest BCUT2D eigenvalue weighted by Gasteiger charge is 1.73. The Morgan fingerprint density at radius 2 is 1.12 bits per heavy atom. The molecule has 0 fully saturated rings. The monoisotopic (exact) mass is 247 g/mol. The fourth-order valence-electron chi connectivity index (χ4n) is 0. The zero-order valence-electron chi connectivity index (χ0n) is 8.86. The van der Waals surface area contributed by atoms with Crippen molar-refractivity contribution >= 4 is 24.2 Å². The molecule has 0 aliphatic carbocycles. The van der Waals surface area contributed by atoms with Gasteiger partial charge in [0.25, 0.3) is 0 Å². The second-order valence-electron chi connectivity index (χ2n) is 0.849. The van der Waals surface area contributed by atoms with Gasteiger partial charge in [-0.1, -0.05) is 27.9 Å². The zero-order valence-corrected chi connectivity index (χ0v) is 8.86. The maximum atomic E-state index is 9.25. The molecular weight excluding hydrogens is 230 g/mol. The van der Waals surface area contributed by atoms with E-state index in [9.17, 15) is 4.79 Å². The highest BCUT2D eigenvalue weighted by Crippen LogP contribution is 1.54. The van der Waals surface area contributed by atoms with E-state index in [0.717, 1.165) is 24.3 Å². The Morgan fingerprint density at radius 1 is 1.06 bits per heavy atom. The first-order chi connectivity index (χ1) is 7.51. The van der Waals surface area contributed by atoms with Crippen LogP contribution >= 0.6 is 0 Å². The molecule has 17 heavy (non-hydrogen) atoms. The minimum atomic E-state index is -0.981. The standard InChI is InChI=1S/C3H4O2.C2H6.3CHNO.CH4/c1-2-3(4)5;1-2;3*2-1-3;/h2H,1H2,(H,4,5);1-2H3;3*2H;1H4. The van der Waals surface area contributed by atoms with Gasteiger partial charge >= 0.3 is 5.97 Å². The average Bonchev–Trinajstić information content (AvgIpc) is 2.24. The molecule has 0 amide bonds. The maximum Gasteiger partial charge on any atom is 0.327 e. The molecule has 8 heteroatoms. The number of carbonyl (C=O) groups excluding carboxylic acids is 3. The fourth-order valence-corrected chi connectivity index (χ4v) is 0. The van der Waals surface area contributed by atoms with Gasteiger partial charge in [-0.05, 0) is 0 Å². The molecule has 0 heterocycles. The number of nitrogens with one attached hydrogen (secondary N) is 3. The largest absolute Gasteiger partial charge is 0.478 e. The van der Waals surface area contributed by atoms with Crippen molar-refractivity contribution in [2.24, 2.45) is 0 Å². The van der Waals surface area contributed by atoms with Crippen LogP contribution in [0.1, 0.15) is 21.3 Å². The van der Waals surface area contributed by atoms with Crippen molar-refractivity contribution in [2.75, 3.05) is 0 Å². The average molecular weight is 247 g/mol. The fraction of sp³-hybridized carbons (Fsp3) is 0.333. The first kappa shape index (κ1) is 36.7. The molecule has 0 saturated heterocycles. The Morgan fingerprint density at radius 3 is 1.12 bits per heavy atom. The molecule has 0 aromatic rings. The quantitative estimate of drug-likeness (QED) is 0.314. The Bertz CT molecular complexity index is 217. The second-order valence-corrected chi connectivity index (χ2v) is 0.849. The van der Waals surface area contributed by atoms with Crippen molar-refractivity contribution in [1.82, 2.24) is 0 Å². The number of hydrogen-bond donors (Lipinski definition) is 4. The predicted molar refractivity (Wildman–Crippen MR) is 61.2 cm³/mol. The Kier molecular flexibility index (Phi) is 232. The lowest BCUT2D eigenvalue weighted by atomic mass is 10.7. The molecule has 0 aromatic carbocycles. The van der Waals surface area contributed by atoms with Crippen molar-refractivity contribution in [3.05, 3.63) is 12.7 Å². The number of rotatable bonds is 1. The van der Waals surface area contributed by atoms with Crippen molar-refractivity contribution in [2.45, 2.75) is 21.3 Å². The number of carboxylic acids is 1. The first-order valence-electron chi connectivity index (χ1n) is 3.49. The summed E-state index contributed by atoms with van der Waals surface area (Å²) < 4.78 is 0. The molecule has 4 N–H and O–H groups in total. The second kappa shape index (κ2) is 108. The molecular formula is C9H17N3O5. The summed E-state index contributed by atoms with van der Waals surface area (Å²) in [6.07, 6.45) is 3.08. The normalized spacial score (nSPS) is 3.65. The van der Waals surface area contributed by atoms with Gasteiger partial charge in [0.2, 0.25) is 18.2 Å². The lowest BCUT2D eigenvalue weighted by molar-refractivity contribution is -0.131. The third-order valence-electron chi connectivity index (χ3n) is 0.175. The van der Waals surface area contributed by atoms with E-state index in [1.807, 2.05) is 13.8 Å². The van der Waals surface area contributed by atoms with Crippen LogP contribution in [0.4, 0.5) is 0 Å². The maximum absolute atomic E-state index is 9.25. The van der Waals surface area contributed by atoms with Gasteiger partial charge in [-0.2, -0.15) is 0 Å². The Balaban J connectivity index is -0.0000000228. The van der Waals surface area contributed by atoms with Gasteiger partial charge in [-0.3, -0.25) is 0 Å². The molecule has 0 radical (unpaired) electrons. The van der Waals surface area contributed by atoms with Gasteiger partial charge in [0.05, 0.1) is 0 Å². The number of carboxylic acid groups (broad SMARTS) is 1. The zero-order chi connectivity index (χ0) is 14.4. The van der Waals surface area contributed by atoms with E-state index in [0.29, 0.717) is 0 Å². The van der Waals surface area contributed by atoms with Crippen molar-refractivity contribution < 1.29 is 24.3 Å². The smallest absolute Gasteiger partial charge is 0.327 e. The Hall–Kier alpha value is -2.65. The molecule has 98 valence electrons. The molecule has 0 atom stereocenters. The van der Waals surface area contributed by atoms with E-state index in [4.69, 9.17) is 35.7 Å². The van der Waals surface area contributed by atoms with Gasteiger partial charge in [-0.25, -0.2) is 35.4 Å². The van der Waals surface area contributed by atoms with Crippen LogP contribution in [0.5, 0.6) is 0 Å². The van der Waals surface area contributed by atoms with Crippen molar-refractivity contribution in [3.63, 3.8) is 0 Å². The summed E-state index contributed by atoms with van der Waals surface area (Å²) in [5.74, 6) is -0.981. The molecule has 0 rings (SSSR count). The van der Waals surface area contributed by atoms with Crippen LogP contribution in [0.3, 0.4) is 0 Å². The summed E-state index contributed by atoms with van der Waals surface area (Å²) in [5, 5.41) is 23.8. The van der Waals surface area contributed by atoms with Crippen LogP contribution in [-0.4, -0.2) is 29.3 Å². The highest BCUT2D eigenvalue weighted by atomic mass is 16.4. The van der Waals surface area contributed by atoms with Gasteiger partial charge in [-0.15, -0.1) is 0 Å². The van der Waals surface area contributed by atoms with E-state index in [1.165, 1.54) is 0 Å². The van der Waals surface area contributed by atoms with Crippen molar-refractivity contribution in [1.29, 1.82) is 16.2 Å². The van der Waals surface area contributed by atoms with Crippen LogP contribution in [-0.2, 0) is 19.2 Å². The first-order valence-corrected chi connectivity index (χ1v) is 3.49. The summed E-state index contributed by atoms with van der Waals surface area (Å²) in [5.41, 5.74) is 0. The van der Waals surface area contributed by atoms with Crippen molar-refractivity contribution in [3.8, 4) is 0 Å². The molecule has 0 aliphatic rings. The third kappa shape index (κ3) is 4070. The van der Waals surface area contributed by atoms with E-state index in [-0.39, 0.29) is 7.43 Å². The minimum Gasteiger partial charge on any atom is -0.478 e. The third-order valence-corrected chi connectivity index (χ3v) is 0.175. The summed E-state index contributed by atoms with van der Waals surface area (Å²) in [4.78, 5) is 34.3. The summed E-state index contributed by atoms with van der Waals surface area (Å²) in [7, 11) is 0.